The zero-order chi connectivity index (χ0) is 9.02. The van der Waals surface area contributed by atoms with Crippen molar-refractivity contribution in [3.63, 3.8) is 0 Å². The van der Waals surface area contributed by atoms with Gasteiger partial charge in [-0.05, 0) is 0 Å². The van der Waals surface area contributed by atoms with Gasteiger partial charge in [-0.2, -0.15) is 0 Å². The van der Waals surface area contributed by atoms with E-state index in [1.807, 2.05) is 0 Å². The van der Waals surface area contributed by atoms with Gasteiger partial charge in [0.25, 0.3) is 0 Å². The first kappa shape index (κ1) is 11.0. The average molecular weight is 273 g/mol. The molecule has 1 unspecified atom stereocenters. The standard InChI is InChI=1S/C7H16INO2/c1-6(8(2)3)9(4)7(10)11-5/h6H,1-5H3. The molecule has 0 N–H and O–H groups in total. The Morgan fingerprint density at radius 3 is 2.27 bits per heavy atom. The van der Waals surface area contributed by atoms with Gasteiger partial charge < -0.3 is 0 Å². The number of hydrogen-bond acceptors (Lipinski definition) is 2. The predicted octanol–water partition coefficient (Wildman–Crippen LogP) is 1.80. The number of halogens is 1. The molecule has 1 atom stereocenters. The van der Waals surface area contributed by atoms with Crippen LogP contribution >= 0.6 is 19.8 Å². The molecule has 11 heavy (non-hydrogen) atoms. The predicted molar refractivity (Wildman–Crippen MR) is 55.5 cm³/mol. The molecule has 68 valence electrons. The number of carbonyl (C=O) groups excluding carboxylic acids is 1. The molecule has 0 aromatic heterocycles. The number of methoxy groups -OCH3 is 1. The van der Waals surface area contributed by atoms with E-state index in [1.54, 1.807) is 11.9 Å². The van der Waals surface area contributed by atoms with Crippen molar-refractivity contribution in [3.05, 3.63) is 0 Å². The van der Waals surface area contributed by atoms with Crippen LogP contribution in [-0.4, -0.2) is 39.1 Å². The second kappa shape index (κ2) is 4.79. The van der Waals surface area contributed by atoms with E-state index < -0.39 is 19.8 Å². The monoisotopic (exact) mass is 273 g/mol. The maximum absolute atomic E-state index is 11.0. The van der Waals surface area contributed by atoms with E-state index in [2.05, 4.69) is 21.5 Å². The van der Waals surface area contributed by atoms with E-state index in [9.17, 15) is 4.79 Å². The van der Waals surface area contributed by atoms with Gasteiger partial charge in [0.05, 0.1) is 0 Å². The summed E-state index contributed by atoms with van der Waals surface area (Å²) in [6.45, 7) is 2.07. The van der Waals surface area contributed by atoms with E-state index in [0.717, 1.165) is 0 Å². The van der Waals surface area contributed by atoms with Gasteiger partial charge in [0.1, 0.15) is 0 Å². The molecule has 0 radical (unpaired) electrons. The Kier molecular flexibility index (Phi) is 4.79. The van der Waals surface area contributed by atoms with Crippen LogP contribution in [0.1, 0.15) is 6.92 Å². The molecule has 1 amide bonds. The third-order valence-electron chi connectivity index (χ3n) is 1.63. The molecule has 4 heteroatoms. The van der Waals surface area contributed by atoms with Crippen molar-refractivity contribution in [1.29, 1.82) is 0 Å². The molecule has 0 aliphatic carbocycles. The molecule has 0 fully saturated rings. The number of ether oxygens (including phenoxy) is 1. The number of nitrogens with zero attached hydrogens (tertiary/aromatic N) is 1. The Labute approximate surface area is 75.5 Å². The summed E-state index contributed by atoms with van der Waals surface area (Å²) in [4.78, 5) is 17.1. The molecule has 0 aromatic rings. The van der Waals surface area contributed by atoms with E-state index in [1.165, 1.54) is 7.11 Å². The van der Waals surface area contributed by atoms with Crippen LogP contribution < -0.4 is 0 Å². The third-order valence-corrected chi connectivity index (χ3v) is 6.07. The van der Waals surface area contributed by atoms with Gasteiger partial charge in [0.15, 0.2) is 0 Å². The molecule has 0 aromatic carbocycles. The summed E-state index contributed by atoms with van der Waals surface area (Å²) in [5.41, 5.74) is 0. The van der Waals surface area contributed by atoms with Crippen LogP contribution in [0.25, 0.3) is 0 Å². The van der Waals surface area contributed by atoms with Crippen LogP contribution in [0.4, 0.5) is 4.79 Å². The fourth-order valence-electron chi connectivity index (χ4n) is 0.582. The summed E-state index contributed by atoms with van der Waals surface area (Å²) in [6.07, 6.45) is -0.233. The molecule has 0 aliphatic heterocycles. The van der Waals surface area contributed by atoms with E-state index >= 15 is 0 Å². The summed E-state index contributed by atoms with van der Waals surface area (Å²) >= 11 is -0.924. The molecule has 0 bridgehead atoms. The van der Waals surface area contributed by atoms with Crippen molar-refractivity contribution in [2.45, 2.75) is 11.0 Å². The minimum atomic E-state index is -0.924. The fourth-order valence-corrected chi connectivity index (χ4v) is 2.48. The Morgan fingerprint density at radius 2 is 2.00 bits per heavy atom. The maximum atomic E-state index is 11.0. The zero-order valence-corrected chi connectivity index (χ0v) is 9.88. The molecule has 3 nitrogen and oxygen atoms in total. The summed E-state index contributed by atoms with van der Waals surface area (Å²) in [6, 6.07) is 0. The van der Waals surface area contributed by atoms with Gasteiger partial charge in [-0.3, -0.25) is 0 Å². The van der Waals surface area contributed by atoms with Gasteiger partial charge in [-0.15, -0.1) is 0 Å². The SMILES string of the molecule is COC(=O)N(C)C(C)I(C)C. The summed E-state index contributed by atoms with van der Waals surface area (Å²) < 4.78 is 4.98. The average Bonchev–Trinajstić information content (AvgIpc) is 2.00. The zero-order valence-electron chi connectivity index (χ0n) is 7.72. The third kappa shape index (κ3) is 3.27. The fraction of sp³-hybridized carbons (Fsp3) is 0.857. The Morgan fingerprint density at radius 1 is 1.55 bits per heavy atom. The Hall–Kier alpha value is 0. The normalized spacial score (nSPS) is 13.7. The topological polar surface area (TPSA) is 29.5 Å². The van der Waals surface area contributed by atoms with Crippen LogP contribution in [0.2, 0.25) is 0 Å². The number of hydrogen-bond donors (Lipinski definition) is 0. The first-order valence-electron chi connectivity index (χ1n) is 3.30. The van der Waals surface area contributed by atoms with Crippen LogP contribution in [0.5, 0.6) is 0 Å². The summed E-state index contributed by atoms with van der Waals surface area (Å²) in [5.74, 6) is 0. The quantitative estimate of drug-likeness (QED) is 0.436. The molecule has 0 aliphatic rings. The summed E-state index contributed by atoms with van der Waals surface area (Å²) in [7, 11) is 3.20. The molecule has 0 heterocycles. The van der Waals surface area contributed by atoms with E-state index in [0.29, 0.717) is 4.05 Å². The second-order valence-corrected chi connectivity index (χ2v) is 8.92. The van der Waals surface area contributed by atoms with E-state index in [4.69, 9.17) is 0 Å². The van der Waals surface area contributed by atoms with Crippen LogP contribution in [0.3, 0.4) is 0 Å². The van der Waals surface area contributed by atoms with Crippen molar-refractivity contribution in [2.75, 3.05) is 24.0 Å². The van der Waals surface area contributed by atoms with E-state index in [-0.39, 0.29) is 6.09 Å². The number of rotatable bonds is 2. The van der Waals surface area contributed by atoms with Crippen molar-refractivity contribution < 1.29 is 9.53 Å². The van der Waals surface area contributed by atoms with Gasteiger partial charge in [-0.1, -0.05) is 0 Å². The molecule has 0 rings (SSSR count). The minimum absolute atomic E-state index is 0.233. The van der Waals surface area contributed by atoms with Gasteiger partial charge in [-0.25, -0.2) is 0 Å². The summed E-state index contributed by atoms with van der Waals surface area (Å²) in [5, 5.41) is 0. The van der Waals surface area contributed by atoms with Crippen LogP contribution in [-0.2, 0) is 4.74 Å². The molecular weight excluding hydrogens is 257 g/mol. The number of alkyl halides is 3. The first-order chi connectivity index (χ1) is 5.00. The van der Waals surface area contributed by atoms with Crippen molar-refractivity contribution >= 4 is 25.9 Å². The van der Waals surface area contributed by atoms with Crippen molar-refractivity contribution in [1.82, 2.24) is 4.90 Å². The molecule has 0 spiro atoms. The van der Waals surface area contributed by atoms with Crippen molar-refractivity contribution in [3.8, 4) is 0 Å². The number of carbonyl (C=O) groups is 1. The van der Waals surface area contributed by atoms with Gasteiger partial charge in [0, 0.05) is 0 Å². The van der Waals surface area contributed by atoms with Gasteiger partial charge in [0.2, 0.25) is 0 Å². The van der Waals surface area contributed by atoms with Gasteiger partial charge >= 0.3 is 75.3 Å². The molecule has 0 saturated heterocycles. The van der Waals surface area contributed by atoms with Crippen LogP contribution in [0, 0.1) is 0 Å². The Bertz CT molecular complexity index is 138. The van der Waals surface area contributed by atoms with Crippen molar-refractivity contribution in [2.24, 2.45) is 0 Å². The molecular formula is C7H16INO2. The Balaban J connectivity index is 4.01. The van der Waals surface area contributed by atoms with Crippen LogP contribution in [0.15, 0.2) is 0 Å². The second-order valence-electron chi connectivity index (χ2n) is 2.47. The number of amides is 1. The first-order valence-corrected chi connectivity index (χ1v) is 8.86. The molecule has 0 saturated carbocycles.